The smallest absolute Gasteiger partial charge is 0.253 e. The maximum Gasteiger partial charge on any atom is 0.253 e. The monoisotopic (exact) mass is 387 g/mol. The number of amides is 1. The van der Waals surface area contributed by atoms with Crippen LogP contribution < -0.4 is 4.90 Å². The van der Waals surface area contributed by atoms with Crippen LogP contribution in [0.1, 0.15) is 36.3 Å². The van der Waals surface area contributed by atoms with Crippen molar-refractivity contribution in [3.8, 4) is 0 Å². The summed E-state index contributed by atoms with van der Waals surface area (Å²) in [6.07, 6.45) is 2.74. The third-order valence-electron chi connectivity index (χ3n) is 5.94. The zero-order valence-corrected chi connectivity index (χ0v) is 16.4. The molecular formula is C21H26FN3O3. The van der Waals surface area contributed by atoms with Crippen molar-refractivity contribution >= 4 is 11.6 Å². The topological polar surface area (TPSA) is 58.8 Å². The molecule has 0 aliphatic carbocycles. The Hall–Kier alpha value is -2.25. The van der Waals surface area contributed by atoms with Crippen LogP contribution in [0.5, 0.6) is 0 Å². The van der Waals surface area contributed by atoms with Gasteiger partial charge in [-0.2, -0.15) is 0 Å². The van der Waals surface area contributed by atoms with Gasteiger partial charge in [0.15, 0.2) is 0 Å². The summed E-state index contributed by atoms with van der Waals surface area (Å²) in [5, 5.41) is 4.05. The summed E-state index contributed by atoms with van der Waals surface area (Å²) in [5.41, 5.74) is 2.48. The highest BCUT2D eigenvalue weighted by Crippen LogP contribution is 2.33. The first kappa shape index (κ1) is 19.1. The van der Waals surface area contributed by atoms with E-state index < -0.39 is 0 Å². The highest BCUT2D eigenvalue weighted by Gasteiger charge is 2.41. The maximum absolute atomic E-state index is 13.3. The van der Waals surface area contributed by atoms with Crippen molar-refractivity contribution in [3.63, 3.8) is 0 Å². The van der Waals surface area contributed by atoms with Crippen molar-refractivity contribution in [2.75, 3.05) is 31.1 Å². The molecule has 1 amide bonds. The van der Waals surface area contributed by atoms with E-state index >= 15 is 0 Å². The lowest BCUT2D eigenvalue weighted by Gasteiger charge is -2.42. The normalized spacial score (nSPS) is 24.0. The molecule has 1 spiro atoms. The van der Waals surface area contributed by atoms with E-state index in [9.17, 15) is 9.18 Å². The van der Waals surface area contributed by atoms with Crippen molar-refractivity contribution in [2.24, 2.45) is 0 Å². The van der Waals surface area contributed by atoms with Gasteiger partial charge in [-0.25, -0.2) is 4.39 Å². The molecule has 4 rings (SSSR count). The summed E-state index contributed by atoms with van der Waals surface area (Å²) < 4.78 is 24.6. The van der Waals surface area contributed by atoms with Crippen molar-refractivity contribution in [1.29, 1.82) is 0 Å². The third-order valence-corrected chi connectivity index (χ3v) is 5.94. The van der Waals surface area contributed by atoms with Crippen LogP contribution in [0, 0.1) is 19.7 Å². The number of rotatable bonds is 3. The lowest BCUT2D eigenvalue weighted by atomic mass is 9.92. The molecule has 3 heterocycles. The number of carbonyl (C=O) groups excluding carboxylic acids is 1. The molecule has 0 saturated carbocycles. The molecule has 0 radical (unpaired) electrons. The van der Waals surface area contributed by atoms with Gasteiger partial charge in [0.05, 0.1) is 17.8 Å². The largest absolute Gasteiger partial charge is 0.363 e. The highest BCUT2D eigenvalue weighted by molar-refractivity contribution is 5.95. The van der Waals surface area contributed by atoms with Gasteiger partial charge in [-0.15, -0.1) is 0 Å². The van der Waals surface area contributed by atoms with Crippen molar-refractivity contribution in [2.45, 2.75) is 45.3 Å². The lowest BCUT2D eigenvalue weighted by molar-refractivity contribution is -0.140. The van der Waals surface area contributed by atoms with E-state index in [-0.39, 0.29) is 23.9 Å². The molecule has 7 heteroatoms. The summed E-state index contributed by atoms with van der Waals surface area (Å²) in [6, 6.07) is 6.10. The number of carbonyl (C=O) groups is 1. The average Bonchev–Trinajstić information content (AvgIpc) is 2.89. The molecule has 1 aromatic heterocycles. The number of likely N-dealkylation sites (tertiary alicyclic amines) is 1. The predicted molar refractivity (Wildman–Crippen MR) is 103 cm³/mol. The Morgan fingerprint density at radius 2 is 1.96 bits per heavy atom. The van der Waals surface area contributed by atoms with E-state index in [0.717, 1.165) is 61.6 Å². The molecule has 2 aromatic rings. The molecule has 150 valence electrons. The molecule has 0 bridgehead atoms. The van der Waals surface area contributed by atoms with E-state index in [1.165, 1.54) is 12.1 Å². The fraction of sp³-hybridized carbons (Fsp3) is 0.524. The second-order valence-electron chi connectivity index (χ2n) is 7.86. The first-order valence-corrected chi connectivity index (χ1v) is 9.80. The van der Waals surface area contributed by atoms with E-state index in [2.05, 4.69) is 10.1 Å². The van der Waals surface area contributed by atoms with Crippen LogP contribution in [0.15, 0.2) is 28.8 Å². The molecule has 28 heavy (non-hydrogen) atoms. The van der Waals surface area contributed by atoms with E-state index in [1.54, 1.807) is 17.0 Å². The van der Waals surface area contributed by atoms with Crippen LogP contribution in [0.3, 0.4) is 0 Å². The molecule has 2 saturated heterocycles. The van der Waals surface area contributed by atoms with Gasteiger partial charge >= 0.3 is 0 Å². The van der Waals surface area contributed by atoms with Crippen LogP contribution in [0.2, 0.25) is 0 Å². The number of benzene rings is 1. The van der Waals surface area contributed by atoms with Crippen molar-refractivity contribution in [1.82, 2.24) is 10.1 Å². The Balaban J connectivity index is 1.46. The summed E-state index contributed by atoms with van der Waals surface area (Å²) >= 11 is 0. The Morgan fingerprint density at radius 1 is 1.18 bits per heavy atom. The quantitative estimate of drug-likeness (QED) is 0.809. The second-order valence-corrected chi connectivity index (χ2v) is 7.86. The molecule has 1 unspecified atom stereocenters. The minimum absolute atomic E-state index is 0.0707. The fourth-order valence-corrected chi connectivity index (χ4v) is 4.21. The Bertz CT molecular complexity index is 832. The van der Waals surface area contributed by atoms with Crippen LogP contribution in [0.4, 0.5) is 10.1 Å². The van der Waals surface area contributed by atoms with Gasteiger partial charge in [0.25, 0.3) is 5.91 Å². The van der Waals surface area contributed by atoms with E-state index in [0.29, 0.717) is 6.54 Å². The number of hydrogen-bond donors (Lipinski definition) is 0. The molecule has 0 N–H and O–H groups in total. The summed E-state index contributed by atoms with van der Waals surface area (Å²) in [4.78, 5) is 16.6. The van der Waals surface area contributed by atoms with E-state index in [1.807, 2.05) is 13.8 Å². The summed E-state index contributed by atoms with van der Waals surface area (Å²) in [7, 11) is 0. The number of morpholine rings is 1. The predicted octanol–water partition coefficient (Wildman–Crippen LogP) is 3.22. The first-order chi connectivity index (χ1) is 13.5. The average molecular weight is 387 g/mol. The Morgan fingerprint density at radius 3 is 2.68 bits per heavy atom. The van der Waals surface area contributed by atoms with Crippen molar-refractivity contribution in [3.05, 3.63) is 47.1 Å². The molecule has 1 atom stereocenters. The van der Waals surface area contributed by atoms with Gasteiger partial charge in [0, 0.05) is 24.3 Å². The van der Waals surface area contributed by atoms with E-state index in [4.69, 9.17) is 9.26 Å². The minimum atomic E-state index is -0.351. The summed E-state index contributed by atoms with van der Waals surface area (Å²) in [6.45, 7) is 7.18. The first-order valence-electron chi connectivity index (χ1n) is 9.80. The van der Waals surface area contributed by atoms with Crippen LogP contribution >= 0.6 is 0 Å². The Kier molecular flexibility index (Phi) is 5.21. The lowest BCUT2D eigenvalue weighted by Crippen LogP contribution is -2.55. The van der Waals surface area contributed by atoms with Gasteiger partial charge in [-0.1, -0.05) is 5.16 Å². The Labute approximate surface area is 164 Å². The number of ether oxygens (including phenoxy) is 1. The fourth-order valence-electron chi connectivity index (χ4n) is 4.21. The SMILES string of the molecule is Cc1noc(C)c1CN1CCCC2(CC1)CN(c1ccc(F)cc1)C(=O)CO2. The third kappa shape index (κ3) is 3.82. The van der Waals surface area contributed by atoms with Gasteiger partial charge in [-0.3, -0.25) is 9.69 Å². The number of hydrogen-bond acceptors (Lipinski definition) is 5. The number of anilines is 1. The zero-order valence-electron chi connectivity index (χ0n) is 16.4. The van der Waals surface area contributed by atoms with Crippen LogP contribution in [0.25, 0.3) is 0 Å². The minimum Gasteiger partial charge on any atom is -0.363 e. The summed E-state index contributed by atoms with van der Waals surface area (Å²) in [5.74, 6) is 0.496. The number of aromatic nitrogens is 1. The maximum atomic E-state index is 13.3. The molecular weight excluding hydrogens is 361 g/mol. The van der Waals surface area contributed by atoms with Gasteiger partial charge in [-0.05, 0) is 63.9 Å². The van der Waals surface area contributed by atoms with Crippen LogP contribution in [-0.4, -0.2) is 47.8 Å². The number of nitrogens with zero attached hydrogens (tertiary/aromatic N) is 3. The van der Waals surface area contributed by atoms with Crippen molar-refractivity contribution < 1.29 is 18.4 Å². The second kappa shape index (κ2) is 7.64. The number of halogens is 1. The number of aryl methyl sites for hydroxylation is 2. The standard InChI is InChI=1S/C21H26FN3O3/c1-15-19(16(2)28-23-15)12-24-10-3-8-21(9-11-24)14-25(20(26)13-27-21)18-6-4-17(22)5-7-18/h4-7H,3,8-14H2,1-2H3. The highest BCUT2D eigenvalue weighted by atomic mass is 19.1. The molecule has 6 nitrogen and oxygen atoms in total. The molecule has 2 aliphatic rings. The van der Waals surface area contributed by atoms with Crippen LogP contribution in [-0.2, 0) is 16.1 Å². The van der Waals surface area contributed by atoms with Gasteiger partial charge < -0.3 is 14.2 Å². The zero-order chi connectivity index (χ0) is 19.7. The molecule has 1 aromatic carbocycles. The molecule has 2 aliphatic heterocycles. The van der Waals surface area contributed by atoms with Gasteiger partial charge in [0.1, 0.15) is 18.2 Å². The molecule has 2 fully saturated rings. The van der Waals surface area contributed by atoms with Gasteiger partial charge in [0.2, 0.25) is 0 Å².